The molecule has 2 heterocycles. The Bertz CT molecular complexity index is 916. The zero-order valence-corrected chi connectivity index (χ0v) is 14.4. The molecule has 0 fully saturated rings. The van der Waals surface area contributed by atoms with Gasteiger partial charge in [-0.1, -0.05) is 23.9 Å². The van der Waals surface area contributed by atoms with Crippen LogP contribution >= 0.6 is 11.8 Å². The van der Waals surface area contributed by atoms with E-state index in [-0.39, 0.29) is 17.4 Å². The molecule has 1 amide bonds. The van der Waals surface area contributed by atoms with Gasteiger partial charge in [0.25, 0.3) is 11.1 Å². The topological polar surface area (TPSA) is 98.2 Å². The molecule has 25 heavy (non-hydrogen) atoms. The van der Waals surface area contributed by atoms with Crippen LogP contribution in [-0.2, 0) is 4.79 Å². The number of benzene rings is 1. The van der Waals surface area contributed by atoms with Gasteiger partial charge in [-0.3, -0.25) is 9.59 Å². The first-order chi connectivity index (χ1) is 12.0. The number of rotatable bonds is 6. The van der Waals surface area contributed by atoms with Crippen molar-refractivity contribution in [2.24, 2.45) is 0 Å². The number of aryl methyl sites for hydroxylation is 1. The second-order valence-electron chi connectivity index (χ2n) is 5.24. The number of Topliss-reactive ketones (excluding diaryl/α,β-unsaturated/α-hetero) is 1. The molecule has 1 aromatic carbocycles. The number of anilines is 1. The Morgan fingerprint density at radius 2 is 2.08 bits per heavy atom. The van der Waals surface area contributed by atoms with Crippen LogP contribution in [0.5, 0.6) is 0 Å². The maximum absolute atomic E-state index is 12.0. The van der Waals surface area contributed by atoms with Gasteiger partial charge in [-0.2, -0.15) is 0 Å². The van der Waals surface area contributed by atoms with E-state index >= 15 is 0 Å². The first-order valence-corrected chi connectivity index (χ1v) is 8.43. The van der Waals surface area contributed by atoms with Gasteiger partial charge in [-0.25, -0.2) is 0 Å². The zero-order chi connectivity index (χ0) is 17.8. The van der Waals surface area contributed by atoms with Crippen molar-refractivity contribution in [1.29, 1.82) is 0 Å². The van der Waals surface area contributed by atoms with Crippen molar-refractivity contribution in [2.45, 2.75) is 19.1 Å². The number of hydrogen-bond donors (Lipinski definition) is 1. The maximum Gasteiger partial charge on any atom is 0.277 e. The van der Waals surface area contributed by atoms with Gasteiger partial charge in [0.2, 0.25) is 5.91 Å². The molecular weight excluding hydrogens is 342 g/mol. The monoisotopic (exact) mass is 357 g/mol. The molecule has 0 spiro atoms. The number of furan rings is 1. The number of nitrogens with zero attached hydrogens (tertiary/aromatic N) is 2. The summed E-state index contributed by atoms with van der Waals surface area (Å²) >= 11 is 1.13. The number of nitrogens with one attached hydrogen (secondary N) is 1. The summed E-state index contributed by atoms with van der Waals surface area (Å²) in [7, 11) is 0. The number of carbonyl (C=O) groups excluding carboxylic acids is 2. The molecule has 0 atom stereocenters. The first-order valence-electron chi connectivity index (χ1n) is 7.44. The SMILES string of the molecule is CC(=O)c1cccc(NC(=O)CSc2nnc(-c3ccoc3C)o2)c1. The largest absolute Gasteiger partial charge is 0.469 e. The van der Waals surface area contributed by atoms with Crippen LogP contribution in [0.2, 0.25) is 0 Å². The molecule has 0 saturated carbocycles. The van der Waals surface area contributed by atoms with Gasteiger partial charge in [-0.15, -0.1) is 10.2 Å². The third kappa shape index (κ3) is 4.16. The Morgan fingerprint density at radius 3 is 2.80 bits per heavy atom. The third-order valence-electron chi connectivity index (χ3n) is 3.38. The van der Waals surface area contributed by atoms with Crippen molar-refractivity contribution in [3.63, 3.8) is 0 Å². The van der Waals surface area contributed by atoms with Crippen molar-refractivity contribution >= 4 is 29.1 Å². The minimum Gasteiger partial charge on any atom is -0.469 e. The summed E-state index contributed by atoms with van der Waals surface area (Å²) in [5, 5.41) is 10.9. The predicted octanol–water partition coefficient (Wildman–Crippen LogP) is 3.57. The molecule has 3 aromatic rings. The zero-order valence-electron chi connectivity index (χ0n) is 13.6. The normalized spacial score (nSPS) is 10.6. The summed E-state index contributed by atoms with van der Waals surface area (Å²) in [5.41, 5.74) is 1.84. The van der Waals surface area contributed by atoms with Gasteiger partial charge in [-0.05, 0) is 32.0 Å². The fourth-order valence-corrected chi connectivity index (χ4v) is 2.69. The van der Waals surface area contributed by atoms with E-state index in [4.69, 9.17) is 8.83 Å². The first kappa shape index (κ1) is 17.0. The lowest BCUT2D eigenvalue weighted by Crippen LogP contribution is -2.14. The van der Waals surface area contributed by atoms with Gasteiger partial charge in [0.05, 0.1) is 17.6 Å². The molecule has 0 saturated heterocycles. The van der Waals surface area contributed by atoms with Crippen LogP contribution in [-0.4, -0.2) is 27.6 Å². The lowest BCUT2D eigenvalue weighted by Gasteiger charge is -2.05. The Labute approximate surface area is 147 Å². The van der Waals surface area contributed by atoms with Crippen molar-refractivity contribution < 1.29 is 18.4 Å². The highest BCUT2D eigenvalue weighted by Crippen LogP contribution is 2.26. The molecule has 0 unspecified atom stereocenters. The lowest BCUT2D eigenvalue weighted by atomic mass is 10.1. The highest BCUT2D eigenvalue weighted by atomic mass is 32.2. The van der Waals surface area contributed by atoms with Gasteiger partial charge >= 0.3 is 0 Å². The van der Waals surface area contributed by atoms with E-state index < -0.39 is 0 Å². The standard InChI is InChI=1S/C17H15N3O4S/c1-10(21)12-4-3-5-13(8-12)18-15(22)9-25-17-20-19-16(24-17)14-6-7-23-11(14)2/h3-8H,9H2,1-2H3,(H,18,22). The van der Waals surface area contributed by atoms with Gasteiger partial charge in [0.15, 0.2) is 5.78 Å². The van der Waals surface area contributed by atoms with Crippen LogP contribution in [0, 0.1) is 6.92 Å². The van der Waals surface area contributed by atoms with Crippen molar-refractivity contribution in [3.8, 4) is 11.5 Å². The number of ketones is 1. The van der Waals surface area contributed by atoms with Crippen LogP contribution in [0.4, 0.5) is 5.69 Å². The molecule has 0 aliphatic heterocycles. The van der Waals surface area contributed by atoms with E-state index in [1.165, 1.54) is 6.92 Å². The molecular formula is C17H15N3O4S. The average Bonchev–Trinajstić information content (AvgIpc) is 3.21. The Kier molecular flexibility index (Phi) is 4.99. The molecule has 0 aliphatic rings. The van der Waals surface area contributed by atoms with Gasteiger partial charge < -0.3 is 14.2 Å². The molecule has 7 nitrogen and oxygen atoms in total. The molecule has 8 heteroatoms. The summed E-state index contributed by atoms with van der Waals surface area (Å²) in [6, 6.07) is 8.52. The number of hydrogen-bond acceptors (Lipinski definition) is 7. The van der Waals surface area contributed by atoms with E-state index in [1.807, 2.05) is 0 Å². The number of aromatic nitrogens is 2. The van der Waals surface area contributed by atoms with Crippen LogP contribution < -0.4 is 5.32 Å². The quantitative estimate of drug-likeness (QED) is 0.532. The Balaban J connectivity index is 1.58. The summed E-state index contributed by atoms with van der Waals surface area (Å²) < 4.78 is 10.7. The second kappa shape index (κ2) is 7.35. The minimum absolute atomic E-state index is 0.0570. The summed E-state index contributed by atoms with van der Waals surface area (Å²) in [6.07, 6.45) is 1.55. The van der Waals surface area contributed by atoms with Crippen molar-refractivity contribution in [1.82, 2.24) is 10.2 Å². The predicted molar refractivity (Wildman–Crippen MR) is 92.5 cm³/mol. The Hall–Kier alpha value is -2.87. The molecule has 2 aromatic heterocycles. The van der Waals surface area contributed by atoms with E-state index in [9.17, 15) is 9.59 Å². The van der Waals surface area contributed by atoms with Crippen molar-refractivity contribution in [3.05, 3.63) is 47.9 Å². The van der Waals surface area contributed by atoms with Gasteiger partial charge in [0.1, 0.15) is 5.76 Å². The van der Waals surface area contributed by atoms with Crippen LogP contribution in [0.15, 0.2) is 50.7 Å². The van der Waals surface area contributed by atoms with Crippen LogP contribution in [0.3, 0.4) is 0 Å². The third-order valence-corrected chi connectivity index (χ3v) is 4.19. The average molecular weight is 357 g/mol. The fourth-order valence-electron chi connectivity index (χ4n) is 2.12. The van der Waals surface area contributed by atoms with Crippen LogP contribution in [0.1, 0.15) is 23.0 Å². The van der Waals surface area contributed by atoms with E-state index in [2.05, 4.69) is 15.5 Å². The Morgan fingerprint density at radius 1 is 1.24 bits per heavy atom. The summed E-state index contributed by atoms with van der Waals surface area (Å²) in [5.74, 6) is 0.853. The smallest absolute Gasteiger partial charge is 0.277 e. The lowest BCUT2D eigenvalue weighted by molar-refractivity contribution is -0.113. The van der Waals surface area contributed by atoms with Crippen molar-refractivity contribution in [2.75, 3.05) is 11.1 Å². The second-order valence-corrected chi connectivity index (χ2v) is 6.16. The highest BCUT2D eigenvalue weighted by molar-refractivity contribution is 7.99. The molecule has 0 aliphatic carbocycles. The molecule has 128 valence electrons. The molecule has 0 bridgehead atoms. The molecule has 1 N–H and O–H groups in total. The molecule has 3 rings (SSSR count). The minimum atomic E-state index is -0.232. The van der Waals surface area contributed by atoms with E-state index in [1.54, 1.807) is 43.5 Å². The summed E-state index contributed by atoms with van der Waals surface area (Å²) in [4.78, 5) is 23.4. The fraction of sp³-hybridized carbons (Fsp3) is 0.176. The highest BCUT2D eigenvalue weighted by Gasteiger charge is 2.14. The van der Waals surface area contributed by atoms with E-state index in [0.29, 0.717) is 28.1 Å². The summed E-state index contributed by atoms with van der Waals surface area (Å²) in [6.45, 7) is 3.28. The molecule has 0 radical (unpaired) electrons. The van der Waals surface area contributed by atoms with Crippen LogP contribution in [0.25, 0.3) is 11.5 Å². The van der Waals surface area contributed by atoms with Gasteiger partial charge in [0, 0.05) is 11.3 Å². The number of amides is 1. The van der Waals surface area contributed by atoms with E-state index in [0.717, 1.165) is 17.3 Å². The number of carbonyl (C=O) groups is 2. The number of thioether (sulfide) groups is 1. The maximum atomic E-state index is 12.0.